The maximum absolute atomic E-state index is 12.5. The Morgan fingerprint density at radius 1 is 1.27 bits per heavy atom. The third kappa shape index (κ3) is 2.45. The number of aromatic amines is 1. The van der Waals surface area contributed by atoms with Crippen molar-refractivity contribution in [2.75, 3.05) is 0 Å². The normalized spacial score (nSPS) is 13.8. The number of nitrogens with zero attached hydrogens (tertiary/aromatic N) is 5. The summed E-state index contributed by atoms with van der Waals surface area (Å²) in [6.45, 7) is 3.95. The predicted molar refractivity (Wildman–Crippen MR) is 102 cm³/mol. The molecular weight excluding hydrogens is 368 g/mol. The van der Waals surface area contributed by atoms with E-state index in [9.17, 15) is 4.79 Å². The van der Waals surface area contributed by atoms with Crippen molar-refractivity contribution in [3.63, 3.8) is 0 Å². The summed E-state index contributed by atoms with van der Waals surface area (Å²) in [7, 11) is 0. The quantitative estimate of drug-likeness (QED) is 0.547. The van der Waals surface area contributed by atoms with Crippen LogP contribution < -0.4 is 5.56 Å². The molecule has 1 aliphatic carbocycles. The van der Waals surface area contributed by atoms with Gasteiger partial charge in [0.15, 0.2) is 5.16 Å². The van der Waals surface area contributed by atoms with E-state index in [2.05, 4.69) is 25.1 Å². The van der Waals surface area contributed by atoms with Crippen LogP contribution in [0.4, 0.5) is 0 Å². The van der Waals surface area contributed by atoms with E-state index in [4.69, 9.17) is 0 Å². The smallest absolute Gasteiger partial charge is 0.259 e. The molecule has 0 saturated heterocycles. The van der Waals surface area contributed by atoms with Gasteiger partial charge in [-0.2, -0.15) is 0 Å². The molecule has 0 atom stereocenters. The van der Waals surface area contributed by atoms with Crippen LogP contribution >= 0.6 is 23.1 Å². The summed E-state index contributed by atoms with van der Waals surface area (Å²) in [6.07, 6.45) is 3.20. The summed E-state index contributed by atoms with van der Waals surface area (Å²) >= 11 is 3.16. The molecule has 1 N–H and O–H groups in total. The SMILES string of the molecule is Cc1cc(C)n2c(SCc3nc4sc5c(c4c(=O)[nH]3)CCC5)nnc2n1. The molecule has 4 heterocycles. The fourth-order valence-electron chi connectivity index (χ4n) is 3.54. The summed E-state index contributed by atoms with van der Waals surface area (Å²) < 4.78 is 1.92. The van der Waals surface area contributed by atoms with Crippen molar-refractivity contribution in [2.24, 2.45) is 0 Å². The number of nitrogens with one attached hydrogen (secondary N) is 1. The molecule has 0 unspecified atom stereocenters. The summed E-state index contributed by atoms with van der Waals surface area (Å²) in [4.78, 5) is 26.8. The van der Waals surface area contributed by atoms with Gasteiger partial charge >= 0.3 is 0 Å². The third-order valence-corrected chi connectivity index (χ3v) is 6.75. The average Bonchev–Trinajstić information content (AvgIpc) is 3.26. The highest BCUT2D eigenvalue weighted by Crippen LogP contribution is 2.34. The van der Waals surface area contributed by atoms with Crippen LogP contribution in [0.2, 0.25) is 0 Å². The van der Waals surface area contributed by atoms with Gasteiger partial charge in [-0.15, -0.1) is 21.5 Å². The minimum Gasteiger partial charge on any atom is -0.309 e. The first-order valence-corrected chi connectivity index (χ1v) is 10.3. The van der Waals surface area contributed by atoms with Gasteiger partial charge in [-0.3, -0.25) is 9.20 Å². The molecule has 0 saturated carbocycles. The van der Waals surface area contributed by atoms with Crippen molar-refractivity contribution in [1.29, 1.82) is 0 Å². The highest BCUT2D eigenvalue weighted by molar-refractivity contribution is 7.98. The lowest BCUT2D eigenvalue weighted by atomic mass is 10.2. The molecule has 4 aromatic heterocycles. The number of aromatic nitrogens is 6. The van der Waals surface area contributed by atoms with Gasteiger partial charge in [-0.25, -0.2) is 9.97 Å². The van der Waals surface area contributed by atoms with E-state index in [1.54, 1.807) is 11.3 Å². The summed E-state index contributed by atoms with van der Waals surface area (Å²) in [5.74, 6) is 1.79. The van der Waals surface area contributed by atoms with Crippen molar-refractivity contribution >= 4 is 39.1 Å². The van der Waals surface area contributed by atoms with Gasteiger partial charge in [-0.1, -0.05) is 11.8 Å². The van der Waals surface area contributed by atoms with Crippen LogP contribution in [0.25, 0.3) is 16.0 Å². The first kappa shape index (κ1) is 16.0. The molecular formula is C17H16N6OS2. The number of H-pyrrole nitrogens is 1. The summed E-state index contributed by atoms with van der Waals surface area (Å²) in [5.41, 5.74) is 3.13. The number of thiophene rings is 1. The fraction of sp³-hybridized carbons (Fsp3) is 0.353. The number of fused-ring (bicyclic) bond motifs is 4. The topological polar surface area (TPSA) is 88.8 Å². The number of aryl methyl sites for hydroxylation is 4. The van der Waals surface area contributed by atoms with Crippen LogP contribution in [0.15, 0.2) is 16.0 Å². The average molecular weight is 384 g/mol. The molecule has 0 spiro atoms. The van der Waals surface area contributed by atoms with E-state index >= 15 is 0 Å². The Balaban J connectivity index is 1.48. The maximum Gasteiger partial charge on any atom is 0.259 e. The molecule has 26 heavy (non-hydrogen) atoms. The van der Waals surface area contributed by atoms with Crippen LogP contribution in [0.3, 0.4) is 0 Å². The van der Waals surface area contributed by atoms with E-state index in [1.165, 1.54) is 22.2 Å². The summed E-state index contributed by atoms with van der Waals surface area (Å²) in [5, 5.41) is 9.92. The van der Waals surface area contributed by atoms with E-state index in [0.29, 0.717) is 17.4 Å². The molecule has 132 valence electrons. The Morgan fingerprint density at radius 3 is 3.04 bits per heavy atom. The maximum atomic E-state index is 12.5. The van der Waals surface area contributed by atoms with Gasteiger partial charge in [0.05, 0.1) is 11.1 Å². The predicted octanol–water partition coefficient (Wildman–Crippen LogP) is 2.82. The standard InChI is InChI=1S/C17H16N6OS2/c1-8-6-9(2)23-16(18-8)21-22-17(23)25-7-12-19-14(24)13-10-4-3-5-11(10)26-15(13)20-12/h6H,3-5,7H2,1-2H3,(H,19,20,24). The van der Waals surface area contributed by atoms with Crippen molar-refractivity contribution in [2.45, 2.75) is 44.0 Å². The molecule has 4 aromatic rings. The van der Waals surface area contributed by atoms with Crippen LogP contribution in [-0.4, -0.2) is 29.5 Å². The van der Waals surface area contributed by atoms with Gasteiger partial charge in [0.1, 0.15) is 10.7 Å². The minimum atomic E-state index is -0.0235. The monoisotopic (exact) mass is 384 g/mol. The van der Waals surface area contributed by atoms with Gasteiger partial charge in [-0.05, 0) is 44.7 Å². The lowest BCUT2D eigenvalue weighted by Crippen LogP contribution is -2.11. The Hall–Kier alpha value is -2.26. The van der Waals surface area contributed by atoms with Crippen molar-refractivity contribution in [3.05, 3.63) is 44.1 Å². The molecule has 7 nitrogen and oxygen atoms in total. The number of rotatable bonds is 3. The van der Waals surface area contributed by atoms with E-state index in [-0.39, 0.29) is 5.56 Å². The van der Waals surface area contributed by atoms with Gasteiger partial charge in [0, 0.05) is 16.3 Å². The third-order valence-electron chi connectivity index (χ3n) is 4.63. The molecule has 0 aromatic carbocycles. The molecule has 0 aliphatic heterocycles. The second kappa shape index (κ2) is 5.88. The second-order valence-corrected chi connectivity index (χ2v) is 8.52. The zero-order valence-electron chi connectivity index (χ0n) is 14.4. The Kier molecular flexibility index (Phi) is 3.61. The Labute approximate surface area is 156 Å². The van der Waals surface area contributed by atoms with Crippen LogP contribution in [0.1, 0.15) is 34.1 Å². The minimum absolute atomic E-state index is 0.0235. The highest BCUT2D eigenvalue weighted by atomic mass is 32.2. The van der Waals surface area contributed by atoms with Crippen LogP contribution in [0, 0.1) is 13.8 Å². The van der Waals surface area contributed by atoms with Crippen LogP contribution in [-0.2, 0) is 18.6 Å². The molecule has 9 heteroatoms. The number of hydrogen-bond acceptors (Lipinski definition) is 7. The van der Waals surface area contributed by atoms with Crippen molar-refractivity contribution < 1.29 is 0 Å². The number of hydrogen-bond donors (Lipinski definition) is 1. The van der Waals surface area contributed by atoms with Gasteiger partial charge < -0.3 is 4.98 Å². The Bertz CT molecular complexity index is 1220. The van der Waals surface area contributed by atoms with Crippen molar-refractivity contribution in [1.82, 2.24) is 29.5 Å². The van der Waals surface area contributed by atoms with Crippen LogP contribution in [0.5, 0.6) is 0 Å². The first-order valence-electron chi connectivity index (χ1n) is 8.46. The fourth-order valence-corrected chi connectivity index (χ4v) is 5.68. The lowest BCUT2D eigenvalue weighted by Gasteiger charge is -2.04. The Morgan fingerprint density at radius 2 is 2.15 bits per heavy atom. The van der Waals surface area contributed by atoms with E-state index < -0.39 is 0 Å². The lowest BCUT2D eigenvalue weighted by molar-refractivity contribution is 0.883. The molecule has 0 bridgehead atoms. The van der Waals surface area contributed by atoms with E-state index in [0.717, 1.165) is 46.0 Å². The van der Waals surface area contributed by atoms with Gasteiger partial charge in [0.2, 0.25) is 0 Å². The summed E-state index contributed by atoms with van der Waals surface area (Å²) in [6, 6.07) is 2.00. The molecule has 0 fully saturated rings. The molecule has 5 rings (SSSR count). The van der Waals surface area contributed by atoms with Crippen molar-refractivity contribution in [3.8, 4) is 0 Å². The first-order chi connectivity index (χ1) is 12.6. The van der Waals surface area contributed by atoms with Gasteiger partial charge in [0.25, 0.3) is 11.3 Å². The molecule has 0 amide bonds. The molecule has 0 radical (unpaired) electrons. The highest BCUT2D eigenvalue weighted by Gasteiger charge is 2.21. The second-order valence-electron chi connectivity index (χ2n) is 6.50. The van der Waals surface area contributed by atoms with E-state index in [1.807, 2.05) is 24.3 Å². The zero-order chi connectivity index (χ0) is 17.8. The molecule has 1 aliphatic rings. The number of thioether (sulfide) groups is 1. The largest absolute Gasteiger partial charge is 0.309 e. The zero-order valence-corrected chi connectivity index (χ0v) is 16.0.